The van der Waals surface area contributed by atoms with Crippen molar-refractivity contribution >= 4 is 23.8 Å². The third-order valence-corrected chi connectivity index (χ3v) is 7.82. The molecule has 0 bridgehead atoms. The maximum absolute atomic E-state index is 14.1. The molecular formula is C30H44F2N4O6. The average molecular weight is 595 g/mol. The zero-order chi connectivity index (χ0) is 31.7. The minimum Gasteiger partial charge on any atom is -0.493 e. The van der Waals surface area contributed by atoms with Gasteiger partial charge in [-0.2, -0.15) is 0 Å². The van der Waals surface area contributed by atoms with Crippen molar-refractivity contribution in [3.8, 4) is 5.75 Å². The number of nitrogens with one attached hydrogen (secondary N) is 1. The summed E-state index contributed by atoms with van der Waals surface area (Å²) in [7, 11) is 1.46. The van der Waals surface area contributed by atoms with E-state index in [0.717, 1.165) is 12.1 Å². The summed E-state index contributed by atoms with van der Waals surface area (Å²) in [5.74, 6) is -3.12. The molecule has 5 atom stereocenters. The molecule has 1 aromatic carbocycles. The fourth-order valence-corrected chi connectivity index (χ4v) is 5.49. The van der Waals surface area contributed by atoms with Crippen molar-refractivity contribution in [1.29, 1.82) is 0 Å². The van der Waals surface area contributed by atoms with E-state index in [0.29, 0.717) is 19.5 Å². The predicted octanol–water partition coefficient (Wildman–Crippen LogP) is 3.58. The lowest BCUT2D eigenvalue weighted by atomic mass is 9.85. The number of carbonyl (C=O) groups excluding carboxylic acids is 4. The van der Waals surface area contributed by atoms with Crippen LogP contribution in [0.1, 0.15) is 61.8 Å². The third-order valence-electron chi connectivity index (χ3n) is 7.82. The van der Waals surface area contributed by atoms with Crippen LogP contribution >= 0.6 is 0 Å². The molecule has 3 rings (SSSR count). The Morgan fingerprint density at radius 1 is 1.07 bits per heavy atom. The first-order valence-electron chi connectivity index (χ1n) is 14.2. The molecule has 12 heteroatoms. The van der Waals surface area contributed by atoms with E-state index >= 15 is 0 Å². The van der Waals surface area contributed by atoms with Crippen molar-refractivity contribution in [3.05, 3.63) is 29.8 Å². The largest absolute Gasteiger partial charge is 0.493 e. The van der Waals surface area contributed by atoms with Crippen LogP contribution in [0, 0.1) is 23.0 Å². The molecule has 1 N–H and O–H groups in total. The van der Waals surface area contributed by atoms with Crippen LogP contribution < -0.4 is 10.1 Å². The number of ether oxygens (including phenoxy) is 2. The molecule has 1 unspecified atom stereocenters. The van der Waals surface area contributed by atoms with Gasteiger partial charge >= 0.3 is 6.09 Å². The molecule has 2 aliphatic rings. The van der Waals surface area contributed by atoms with Crippen molar-refractivity contribution in [1.82, 2.24) is 20.0 Å². The van der Waals surface area contributed by atoms with Crippen LogP contribution in [0.25, 0.3) is 0 Å². The molecule has 2 saturated heterocycles. The van der Waals surface area contributed by atoms with Crippen molar-refractivity contribution in [2.45, 2.75) is 91.6 Å². The molecule has 42 heavy (non-hydrogen) atoms. The van der Waals surface area contributed by atoms with Gasteiger partial charge in [-0.15, -0.1) is 0 Å². The molecule has 0 saturated carbocycles. The van der Waals surface area contributed by atoms with Crippen molar-refractivity contribution in [3.63, 3.8) is 0 Å². The number of carbonyl (C=O) groups is 4. The number of amides is 4. The number of likely N-dealkylation sites (tertiary alicyclic amines) is 2. The molecule has 0 aromatic heterocycles. The van der Waals surface area contributed by atoms with Crippen LogP contribution in [0.15, 0.2) is 18.2 Å². The highest BCUT2D eigenvalue weighted by atomic mass is 19.2. The minimum absolute atomic E-state index is 0.0735. The zero-order valence-corrected chi connectivity index (χ0v) is 26.0. The molecule has 2 aliphatic heterocycles. The molecule has 0 spiro atoms. The van der Waals surface area contributed by atoms with Crippen LogP contribution in [-0.4, -0.2) is 95.0 Å². The number of halogens is 2. The number of nitrogens with zero attached hydrogens (tertiary/aromatic N) is 3. The van der Waals surface area contributed by atoms with Gasteiger partial charge in [-0.25, -0.2) is 13.6 Å². The summed E-state index contributed by atoms with van der Waals surface area (Å²) in [6.07, 6.45) is -0.106. The van der Waals surface area contributed by atoms with Crippen LogP contribution in [0.5, 0.6) is 5.75 Å². The monoisotopic (exact) mass is 594 g/mol. The Balaban J connectivity index is 1.80. The standard InChI is InChI=1S/C30H44F2N4O6/c1-17(34(9)28(40)42-30(6,7)8)26(38)33-25(29(3,4)5)27(39)35-13-12-23-24(35)19(15-36(23)18(2)37)16-41-20-10-11-21(31)22(32)14-20/h10-11,14,17,19,23-25H,12-13,15-16H2,1-9H3,(H,33,38)/t17-,19+,23+,24+,25?/m0/s1. The second-order valence-electron chi connectivity index (χ2n) is 13.3. The molecule has 2 fully saturated rings. The number of hydrogen-bond donors (Lipinski definition) is 1. The van der Waals surface area contributed by atoms with Gasteiger partial charge in [0.1, 0.15) is 23.4 Å². The molecule has 4 amide bonds. The highest BCUT2D eigenvalue weighted by Gasteiger charge is 2.53. The molecule has 0 radical (unpaired) electrons. The molecule has 1 aromatic rings. The van der Waals surface area contributed by atoms with Crippen molar-refractivity contribution in [2.24, 2.45) is 11.3 Å². The molecule has 10 nitrogen and oxygen atoms in total. The van der Waals surface area contributed by atoms with Gasteiger partial charge < -0.3 is 24.6 Å². The second-order valence-corrected chi connectivity index (χ2v) is 13.3. The topological polar surface area (TPSA) is 108 Å². The van der Waals surface area contributed by atoms with Crippen LogP contribution in [0.3, 0.4) is 0 Å². The van der Waals surface area contributed by atoms with E-state index < -0.39 is 52.8 Å². The summed E-state index contributed by atoms with van der Waals surface area (Å²) in [4.78, 5) is 57.1. The Labute approximate surface area is 246 Å². The van der Waals surface area contributed by atoms with Gasteiger partial charge in [0.05, 0.1) is 18.7 Å². The predicted molar refractivity (Wildman–Crippen MR) is 151 cm³/mol. The number of hydrogen-bond acceptors (Lipinski definition) is 6. The van der Waals surface area contributed by atoms with Crippen molar-refractivity contribution in [2.75, 3.05) is 26.7 Å². The maximum atomic E-state index is 14.1. The first kappa shape index (κ1) is 33.1. The van der Waals surface area contributed by atoms with E-state index in [1.165, 1.54) is 24.9 Å². The summed E-state index contributed by atoms with van der Waals surface area (Å²) in [6, 6.07) is 0.786. The van der Waals surface area contributed by atoms with Gasteiger partial charge in [-0.3, -0.25) is 19.3 Å². The summed E-state index contributed by atoms with van der Waals surface area (Å²) in [5.41, 5.74) is -1.43. The lowest BCUT2D eigenvalue weighted by Crippen LogP contribution is -2.60. The lowest BCUT2D eigenvalue weighted by molar-refractivity contribution is -0.142. The van der Waals surface area contributed by atoms with Gasteiger partial charge in [0, 0.05) is 39.0 Å². The Bertz CT molecular complexity index is 1200. The fourth-order valence-electron chi connectivity index (χ4n) is 5.49. The molecule has 2 heterocycles. The van der Waals surface area contributed by atoms with Crippen LogP contribution in [0.2, 0.25) is 0 Å². The van der Waals surface area contributed by atoms with Crippen molar-refractivity contribution < 1.29 is 37.4 Å². The van der Waals surface area contributed by atoms with E-state index in [1.54, 1.807) is 37.5 Å². The van der Waals surface area contributed by atoms with E-state index in [4.69, 9.17) is 9.47 Å². The smallest absolute Gasteiger partial charge is 0.410 e. The highest BCUT2D eigenvalue weighted by molar-refractivity contribution is 5.92. The average Bonchev–Trinajstić information content (AvgIpc) is 3.45. The van der Waals surface area contributed by atoms with E-state index in [2.05, 4.69) is 5.32 Å². The second kappa shape index (κ2) is 12.4. The fraction of sp³-hybridized carbons (Fsp3) is 0.667. The summed E-state index contributed by atoms with van der Waals surface area (Å²) in [5, 5.41) is 2.86. The Hall–Kier alpha value is -3.44. The highest BCUT2D eigenvalue weighted by Crippen LogP contribution is 2.37. The first-order chi connectivity index (χ1) is 19.3. The number of fused-ring (bicyclic) bond motifs is 1. The minimum atomic E-state index is -1.03. The first-order valence-corrected chi connectivity index (χ1v) is 14.2. The van der Waals surface area contributed by atoms with Gasteiger partial charge in [-0.05, 0) is 51.7 Å². The lowest BCUT2D eigenvalue weighted by Gasteiger charge is -2.38. The number of rotatable bonds is 7. The quantitative estimate of drug-likeness (QED) is 0.517. The third kappa shape index (κ3) is 7.49. The Morgan fingerprint density at radius 2 is 1.71 bits per heavy atom. The van der Waals surface area contributed by atoms with Gasteiger partial charge in [0.2, 0.25) is 17.7 Å². The summed E-state index contributed by atoms with van der Waals surface area (Å²) < 4.78 is 38.3. The Morgan fingerprint density at radius 3 is 2.26 bits per heavy atom. The van der Waals surface area contributed by atoms with E-state index in [1.807, 2.05) is 20.8 Å². The van der Waals surface area contributed by atoms with E-state index in [9.17, 15) is 28.0 Å². The van der Waals surface area contributed by atoms with Gasteiger partial charge in [-0.1, -0.05) is 20.8 Å². The molecular weight excluding hydrogens is 550 g/mol. The SMILES string of the molecule is CC(=O)N1C[C@H](COc2ccc(F)c(F)c2)[C@@H]2[C@H]1CCN2C(=O)C(NC(=O)[C@H](C)N(C)C(=O)OC(C)(C)C)C(C)(C)C. The van der Waals surface area contributed by atoms with Crippen LogP contribution in [-0.2, 0) is 19.1 Å². The Kier molecular flexibility index (Phi) is 9.78. The molecule has 234 valence electrons. The molecule has 0 aliphatic carbocycles. The number of likely N-dealkylation sites (N-methyl/N-ethyl adjacent to an activating group) is 1. The summed E-state index contributed by atoms with van der Waals surface area (Å²) in [6.45, 7) is 14.5. The maximum Gasteiger partial charge on any atom is 0.410 e. The van der Waals surface area contributed by atoms with Crippen LogP contribution in [0.4, 0.5) is 13.6 Å². The summed E-state index contributed by atoms with van der Waals surface area (Å²) >= 11 is 0. The normalized spacial score (nSPS) is 21.8. The number of benzene rings is 1. The van der Waals surface area contributed by atoms with E-state index in [-0.39, 0.29) is 36.1 Å². The zero-order valence-electron chi connectivity index (χ0n) is 26.0. The van der Waals surface area contributed by atoms with Gasteiger partial charge in [0.15, 0.2) is 11.6 Å². The van der Waals surface area contributed by atoms with Gasteiger partial charge in [0.25, 0.3) is 0 Å².